The van der Waals surface area contributed by atoms with Gasteiger partial charge in [0, 0.05) is 12.3 Å². The third-order valence-corrected chi connectivity index (χ3v) is 2.41. The highest BCUT2D eigenvalue weighted by Gasteiger charge is 2.16. The normalized spacial score (nSPS) is 9.68. The molecule has 0 aliphatic carbocycles. The lowest BCUT2D eigenvalue weighted by molar-refractivity contribution is -0.384. The van der Waals surface area contributed by atoms with Crippen molar-refractivity contribution in [3.63, 3.8) is 0 Å². The quantitative estimate of drug-likeness (QED) is 0.524. The molecule has 8 heteroatoms. The molecule has 19 heavy (non-hydrogen) atoms. The van der Waals surface area contributed by atoms with Crippen LogP contribution in [0.2, 0.25) is 5.15 Å². The van der Waals surface area contributed by atoms with Crippen LogP contribution in [0.15, 0.2) is 30.6 Å². The van der Waals surface area contributed by atoms with Crippen molar-refractivity contribution in [2.45, 2.75) is 0 Å². The summed E-state index contributed by atoms with van der Waals surface area (Å²) in [6.45, 7) is 0. The first-order chi connectivity index (χ1) is 9.10. The van der Waals surface area contributed by atoms with Gasteiger partial charge in [0.2, 0.25) is 5.82 Å². The van der Waals surface area contributed by atoms with Crippen LogP contribution >= 0.6 is 11.6 Å². The standard InChI is InChI=1S/C11H6ClN5O2/c12-10-2-1-8(6-14-10)16-11-9(17(18)19)3-7(4-13)5-15-11/h1-3,5-6H,(H,15,16). The first-order valence-corrected chi connectivity index (χ1v) is 5.41. The van der Waals surface area contributed by atoms with E-state index in [1.165, 1.54) is 12.4 Å². The number of nitrogens with zero attached hydrogens (tertiary/aromatic N) is 4. The molecule has 0 fully saturated rings. The van der Waals surface area contributed by atoms with Gasteiger partial charge < -0.3 is 5.32 Å². The van der Waals surface area contributed by atoms with E-state index in [1.807, 2.05) is 0 Å². The highest BCUT2D eigenvalue weighted by atomic mass is 35.5. The zero-order chi connectivity index (χ0) is 13.8. The van der Waals surface area contributed by atoms with Crippen LogP contribution in [0, 0.1) is 21.4 Å². The Balaban J connectivity index is 2.37. The third-order valence-electron chi connectivity index (χ3n) is 2.18. The molecule has 0 aliphatic heterocycles. The van der Waals surface area contributed by atoms with Gasteiger partial charge in [0.25, 0.3) is 0 Å². The van der Waals surface area contributed by atoms with Crippen LogP contribution in [-0.4, -0.2) is 14.9 Å². The minimum Gasteiger partial charge on any atom is -0.333 e. The van der Waals surface area contributed by atoms with Crippen molar-refractivity contribution in [2.75, 3.05) is 5.32 Å². The van der Waals surface area contributed by atoms with Gasteiger partial charge in [-0.2, -0.15) is 5.26 Å². The van der Waals surface area contributed by atoms with Crippen molar-refractivity contribution < 1.29 is 4.92 Å². The molecule has 7 nitrogen and oxygen atoms in total. The van der Waals surface area contributed by atoms with Crippen LogP contribution in [0.3, 0.4) is 0 Å². The Morgan fingerprint density at radius 2 is 2.16 bits per heavy atom. The smallest absolute Gasteiger partial charge is 0.313 e. The van der Waals surface area contributed by atoms with E-state index in [-0.39, 0.29) is 17.1 Å². The summed E-state index contributed by atoms with van der Waals surface area (Å²) in [4.78, 5) is 18.0. The van der Waals surface area contributed by atoms with Gasteiger partial charge in [-0.1, -0.05) is 11.6 Å². The maximum atomic E-state index is 10.9. The highest BCUT2D eigenvalue weighted by Crippen LogP contribution is 2.25. The second kappa shape index (κ2) is 5.29. The molecule has 0 bridgehead atoms. The van der Waals surface area contributed by atoms with Gasteiger partial charge >= 0.3 is 5.69 Å². The topological polar surface area (TPSA) is 105 Å². The maximum absolute atomic E-state index is 10.9. The molecular weight excluding hydrogens is 270 g/mol. The van der Waals surface area contributed by atoms with Gasteiger partial charge in [0.15, 0.2) is 0 Å². The Hall–Kier alpha value is -2.72. The zero-order valence-corrected chi connectivity index (χ0v) is 10.1. The monoisotopic (exact) mass is 275 g/mol. The predicted molar refractivity (Wildman–Crippen MR) is 68.1 cm³/mol. The molecular formula is C11H6ClN5O2. The van der Waals surface area contributed by atoms with Gasteiger partial charge in [0.1, 0.15) is 11.2 Å². The summed E-state index contributed by atoms with van der Waals surface area (Å²) in [5.74, 6) is 0.0353. The van der Waals surface area contributed by atoms with Gasteiger partial charge in [-0.05, 0) is 12.1 Å². The van der Waals surface area contributed by atoms with Crippen molar-refractivity contribution in [3.8, 4) is 6.07 Å². The number of rotatable bonds is 3. The van der Waals surface area contributed by atoms with E-state index in [0.717, 1.165) is 6.07 Å². The number of hydrogen-bond donors (Lipinski definition) is 1. The highest BCUT2D eigenvalue weighted by molar-refractivity contribution is 6.29. The first kappa shape index (κ1) is 12.7. The molecule has 2 aromatic heterocycles. The summed E-state index contributed by atoms with van der Waals surface area (Å²) < 4.78 is 0. The number of anilines is 2. The van der Waals surface area contributed by atoms with Crippen molar-refractivity contribution >= 4 is 28.8 Å². The molecule has 0 saturated heterocycles. The fourth-order valence-corrected chi connectivity index (χ4v) is 1.45. The summed E-state index contributed by atoms with van der Waals surface area (Å²) in [5, 5.41) is 22.7. The maximum Gasteiger partial charge on any atom is 0.313 e. The van der Waals surface area contributed by atoms with Crippen molar-refractivity contribution in [1.82, 2.24) is 9.97 Å². The summed E-state index contributed by atoms with van der Waals surface area (Å²) >= 11 is 5.64. The second-order valence-electron chi connectivity index (χ2n) is 3.46. The second-order valence-corrected chi connectivity index (χ2v) is 3.84. The van der Waals surface area contributed by atoms with Gasteiger partial charge in [-0.25, -0.2) is 9.97 Å². The Labute approximate surface area is 112 Å². The Bertz CT molecular complexity index is 666. The van der Waals surface area contributed by atoms with E-state index >= 15 is 0 Å². The molecule has 2 aromatic rings. The number of nitrogens with one attached hydrogen (secondary N) is 1. The molecule has 0 amide bonds. The van der Waals surface area contributed by atoms with Crippen molar-refractivity contribution in [3.05, 3.63) is 51.4 Å². The fourth-order valence-electron chi connectivity index (χ4n) is 1.34. The van der Waals surface area contributed by atoms with Gasteiger partial charge in [-0.3, -0.25) is 10.1 Å². The van der Waals surface area contributed by atoms with Crippen LogP contribution < -0.4 is 5.32 Å². The van der Waals surface area contributed by atoms with E-state index in [9.17, 15) is 10.1 Å². The van der Waals surface area contributed by atoms with Gasteiger partial charge in [-0.15, -0.1) is 0 Å². The summed E-state index contributed by atoms with van der Waals surface area (Å²) in [6, 6.07) is 6.10. The number of pyridine rings is 2. The fraction of sp³-hybridized carbons (Fsp3) is 0. The number of nitriles is 1. The zero-order valence-electron chi connectivity index (χ0n) is 9.37. The minimum absolute atomic E-state index is 0.0353. The third kappa shape index (κ3) is 2.94. The molecule has 1 N–H and O–H groups in total. The van der Waals surface area contributed by atoms with Gasteiger partial charge in [0.05, 0.1) is 22.4 Å². The molecule has 0 radical (unpaired) electrons. The van der Waals surface area contributed by atoms with E-state index < -0.39 is 4.92 Å². The summed E-state index contributed by atoms with van der Waals surface area (Å²) in [5.41, 5.74) is 0.338. The molecule has 0 aromatic carbocycles. The summed E-state index contributed by atoms with van der Waals surface area (Å²) in [6.07, 6.45) is 2.67. The molecule has 0 aliphatic rings. The van der Waals surface area contributed by atoms with Crippen LogP contribution in [0.1, 0.15) is 5.56 Å². The molecule has 0 atom stereocenters. The largest absolute Gasteiger partial charge is 0.333 e. The van der Waals surface area contributed by atoms with E-state index in [4.69, 9.17) is 16.9 Å². The SMILES string of the molecule is N#Cc1cnc(Nc2ccc(Cl)nc2)c([N+](=O)[O-])c1. The molecule has 94 valence electrons. The Morgan fingerprint density at radius 1 is 1.37 bits per heavy atom. The lowest BCUT2D eigenvalue weighted by Crippen LogP contribution is -2.00. The first-order valence-electron chi connectivity index (χ1n) is 5.03. The Kier molecular flexibility index (Phi) is 3.54. The number of hydrogen-bond acceptors (Lipinski definition) is 6. The van der Waals surface area contributed by atoms with E-state index in [0.29, 0.717) is 10.8 Å². The average Bonchev–Trinajstić information content (AvgIpc) is 2.41. The molecule has 0 unspecified atom stereocenters. The van der Waals surface area contributed by atoms with Crippen LogP contribution in [0.25, 0.3) is 0 Å². The number of aromatic nitrogens is 2. The van der Waals surface area contributed by atoms with Crippen LogP contribution in [0.4, 0.5) is 17.2 Å². The average molecular weight is 276 g/mol. The summed E-state index contributed by atoms with van der Waals surface area (Å²) in [7, 11) is 0. The van der Waals surface area contributed by atoms with Crippen molar-refractivity contribution in [1.29, 1.82) is 5.26 Å². The molecule has 0 spiro atoms. The molecule has 0 saturated carbocycles. The Morgan fingerprint density at radius 3 is 2.74 bits per heavy atom. The number of nitro groups is 1. The van der Waals surface area contributed by atoms with E-state index in [2.05, 4.69) is 15.3 Å². The lowest BCUT2D eigenvalue weighted by Gasteiger charge is -2.05. The van der Waals surface area contributed by atoms with Crippen molar-refractivity contribution in [2.24, 2.45) is 0 Å². The van der Waals surface area contributed by atoms with Crippen LogP contribution in [-0.2, 0) is 0 Å². The predicted octanol–water partition coefficient (Wildman–Crippen LogP) is 2.65. The minimum atomic E-state index is -0.612. The lowest BCUT2D eigenvalue weighted by atomic mass is 10.2. The number of halogens is 1. The van der Waals surface area contributed by atoms with E-state index in [1.54, 1.807) is 18.2 Å². The molecule has 2 heterocycles. The van der Waals surface area contributed by atoms with Crippen LogP contribution in [0.5, 0.6) is 0 Å². The molecule has 2 rings (SSSR count).